The van der Waals surface area contributed by atoms with E-state index in [4.69, 9.17) is 4.74 Å². The number of aryl methyl sites for hydroxylation is 2. The van der Waals surface area contributed by atoms with Crippen LogP contribution in [0.25, 0.3) is 0 Å². The minimum absolute atomic E-state index is 0.0179. The zero-order valence-corrected chi connectivity index (χ0v) is 26.0. The summed E-state index contributed by atoms with van der Waals surface area (Å²) in [5.74, 6) is -0.408. The third-order valence-electron chi connectivity index (χ3n) is 7.26. The number of hydrogen-bond acceptors (Lipinski definition) is 8. The molecule has 0 saturated carbocycles. The standard InChI is InChI=1S/C31H32F3N5O5S/c1-6-27(40)39-11-10-38(17-21(39)4)18-26(22-8-7-9-23(14-22)31(32,33)34)44-24-12-19(2)28(35-15-24)30(41)37-29-20(3)13-25(16-36-29)45(5,42)43/h6-9,12-16,26H,1,10-11,17-18H2,2-5H3/p+1/t26-/m1/s1. The SMILES string of the molecule is C=CC(=O)[N+]1=C(C)CN(C[C@@H](Oc2cnc(C(=O)Nc3ncc(S(C)(=O)=O)cc3C)c(C)c2)c2cccc(C(F)(F)F)c2)CC1. The number of carbonyl (C=O) groups is 2. The predicted molar refractivity (Wildman–Crippen MR) is 161 cm³/mol. The van der Waals surface area contributed by atoms with Crippen LogP contribution in [0.15, 0.2) is 66.3 Å². The molecule has 45 heavy (non-hydrogen) atoms. The number of amides is 2. The molecule has 0 radical (unpaired) electrons. The smallest absolute Gasteiger partial charge is 0.416 e. The molecule has 238 valence electrons. The Morgan fingerprint density at radius 2 is 1.87 bits per heavy atom. The topological polar surface area (TPSA) is 122 Å². The van der Waals surface area contributed by atoms with Crippen molar-refractivity contribution in [1.29, 1.82) is 0 Å². The molecule has 14 heteroatoms. The monoisotopic (exact) mass is 644 g/mol. The Labute approximate surface area is 259 Å². The van der Waals surface area contributed by atoms with Crippen molar-refractivity contribution in [3.63, 3.8) is 0 Å². The van der Waals surface area contributed by atoms with Crippen LogP contribution in [-0.2, 0) is 20.8 Å². The highest BCUT2D eigenvalue weighted by molar-refractivity contribution is 7.90. The van der Waals surface area contributed by atoms with Crippen molar-refractivity contribution in [2.45, 2.75) is 37.9 Å². The second-order valence-corrected chi connectivity index (χ2v) is 12.8. The average molecular weight is 645 g/mol. The number of nitrogens with one attached hydrogen (secondary N) is 1. The van der Waals surface area contributed by atoms with Gasteiger partial charge in [0, 0.05) is 32.0 Å². The first-order valence-corrected chi connectivity index (χ1v) is 15.7. The third-order valence-corrected chi connectivity index (χ3v) is 8.34. The van der Waals surface area contributed by atoms with Gasteiger partial charge in [0.1, 0.15) is 23.4 Å². The van der Waals surface area contributed by atoms with Crippen LogP contribution in [0.4, 0.5) is 19.0 Å². The molecule has 2 amide bonds. The quantitative estimate of drug-likeness (QED) is 0.269. The van der Waals surface area contributed by atoms with Crippen molar-refractivity contribution in [3.05, 3.63) is 89.4 Å². The molecule has 0 bridgehead atoms. The van der Waals surface area contributed by atoms with Gasteiger partial charge in [-0.1, -0.05) is 18.7 Å². The first-order chi connectivity index (χ1) is 21.1. The van der Waals surface area contributed by atoms with E-state index in [1.54, 1.807) is 30.6 Å². The zero-order valence-electron chi connectivity index (χ0n) is 25.2. The molecule has 0 spiro atoms. The average Bonchev–Trinajstić information content (AvgIpc) is 2.96. The van der Waals surface area contributed by atoms with Gasteiger partial charge in [0.2, 0.25) is 0 Å². The fourth-order valence-electron chi connectivity index (χ4n) is 4.91. The predicted octanol–water partition coefficient (Wildman–Crippen LogP) is 4.39. The maximum Gasteiger partial charge on any atom is 0.416 e. The third kappa shape index (κ3) is 8.19. The minimum Gasteiger partial charge on any atom is -0.483 e. The van der Waals surface area contributed by atoms with Gasteiger partial charge in [-0.2, -0.15) is 17.7 Å². The normalized spacial score (nSPS) is 15.0. The molecule has 1 aliphatic heterocycles. The van der Waals surface area contributed by atoms with Crippen molar-refractivity contribution < 1.29 is 40.5 Å². The van der Waals surface area contributed by atoms with Crippen LogP contribution in [0.1, 0.15) is 45.8 Å². The van der Waals surface area contributed by atoms with Gasteiger partial charge in [0.15, 0.2) is 22.1 Å². The van der Waals surface area contributed by atoms with E-state index in [9.17, 15) is 31.2 Å². The Bertz CT molecular complexity index is 1790. The number of benzene rings is 1. The van der Waals surface area contributed by atoms with E-state index in [0.29, 0.717) is 36.3 Å². The number of hydrogen-bond donors (Lipinski definition) is 1. The number of rotatable bonds is 9. The lowest BCUT2D eigenvalue weighted by molar-refractivity contribution is -0.451. The van der Waals surface area contributed by atoms with Crippen LogP contribution < -0.4 is 10.1 Å². The molecule has 1 atom stereocenters. The van der Waals surface area contributed by atoms with E-state index >= 15 is 0 Å². The highest BCUT2D eigenvalue weighted by Gasteiger charge is 2.33. The Morgan fingerprint density at radius 3 is 2.47 bits per heavy atom. The summed E-state index contributed by atoms with van der Waals surface area (Å²) in [5, 5.41) is 2.63. The Balaban J connectivity index is 1.58. The van der Waals surface area contributed by atoms with Gasteiger partial charge >= 0.3 is 12.1 Å². The van der Waals surface area contributed by atoms with Crippen LogP contribution in [0.2, 0.25) is 0 Å². The van der Waals surface area contributed by atoms with Gasteiger partial charge in [-0.25, -0.2) is 23.2 Å². The van der Waals surface area contributed by atoms with Crippen LogP contribution in [0.3, 0.4) is 0 Å². The van der Waals surface area contributed by atoms with E-state index in [0.717, 1.165) is 30.3 Å². The fraction of sp³-hybridized carbons (Fsp3) is 0.323. The summed E-state index contributed by atoms with van der Waals surface area (Å²) in [7, 11) is -3.47. The fourth-order valence-corrected chi connectivity index (χ4v) is 5.54. The zero-order chi connectivity index (χ0) is 33.1. The van der Waals surface area contributed by atoms with Crippen molar-refractivity contribution in [2.75, 3.05) is 37.8 Å². The highest BCUT2D eigenvalue weighted by Crippen LogP contribution is 2.32. The van der Waals surface area contributed by atoms with Crippen molar-refractivity contribution >= 4 is 33.2 Å². The van der Waals surface area contributed by atoms with Gasteiger partial charge < -0.3 is 10.1 Å². The molecular weight excluding hydrogens is 611 g/mol. The van der Waals surface area contributed by atoms with E-state index < -0.39 is 33.6 Å². The lowest BCUT2D eigenvalue weighted by Gasteiger charge is -2.29. The number of halogens is 3. The first-order valence-electron chi connectivity index (χ1n) is 13.8. The number of nitrogens with zero attached hydrogens (tertiary/aromatic N) is 4. The molecule has 4 rings (SSSR count). The Morgan fingerprint density at radius 1 is 1.13 bits per heavy atom. The van der Waals surface area contributed by atoms with Gasteiger partial charge in [-0.3, -0.25) is 9.69 Å². The van der Waals surface area contributed by atoms with Crippen LogP contribution in [-0.4, -0.2) is 77.8 Å². The molecule has 3 aromatic rings. The van der Waals surface area contributed by atoms with Crippen LogP contribution in [0.5, 0.6) is 5.75 Å². The lowest BCUT2D eigenvalue weighted by Crippen LogP contribution is -2.47. The number of carbonyl (C=O) groups excluding carboxylic acids is 2. The summed E-state index contributed by atoms with van der Waals surface area (Å²) in [6, 6.07) is 7.88. The molecule has 0 aliphatic carbocycles. The maximum atomic E-state index is 13.6. The van der Waals surface area contributed by atoms with Gasteiger partial charge in [-0.05, 0) is 54.8 Å². The van der Waals surface area contributed by atoms with E-state index in [-0.39, 0.29) is 34.6 Å². The van der Waals surface area contributed by atoms with E-state index in [2.05, 4.69) is 21.9 Å². The number of ether oxygens (including phenoxy) is 1. The van der Waals surface area contributed by atoms with E-state index in [1.165, 1.54) is 24.4 Å². The summed E-state index contributed by atoms with van der Waals surface area (Å²) >= 11 is 0. The molecule has 0 unspecified atom stereocenters. The van der Waals surface area contributed by atoms with Gasteiger partial charge in [0.25, 0.3) is 5.91 Å². The molecule has 1 N–H and O–H groups in total. The van der Waals surface area contributed by atoms with Crippen molar-refractivity contribution in [1.82, 2.24) is 14.9 Å². The molecule has 3 heterocycles. The largest absolute Gasteiger partial charge is 0.483 e. The molecule has 0 fully saturated rings. The van der Waals surface area contributed by atoms with Crippen LogP contribution >= 0.6 is 0 Å². The molecule has 10 nitrogen and oxygen atoms in total. The summed E-state index contributed by atoms with van der Waals surface area (Å²) in [6.45, 7) is 10.0. The number of sulfone groups is 1. The van der Waals surface area contributed by atoms with Gasteiger partial charge in [0.05, 0.1) is 29.7 Å². The molecular formula is C31H33F3N5O5S+. The van der Waals surface area contributed by atoms with Crippen molar-refractivity contribution in [3.8, 4) is 5.75 Å². The number of aromatic nitrogens is 2. The number of anilines is 1. The first kappa shape index (κ1) is 33.5. The summed E-state index contributed by atoms with van der Waals surface area (Å²) in [4.78, 5) is 35.5. The second kappa shape index (κ2) is 13.3. The second-order valence-electron chi connectivity index (χ2n) is 10.8. The Hall–Kier alpha value is -4.43. The lowest BCUT2D eigenvalue weighted by atomic mass is 10.0. The van der Waals surface area contributed by atoms with Crippen molar-refractivity contribution in [2.24, 2.45) is 0 Å². The summed E-state index contributed by atoms with van der Waals surface area (Å²) in [5.41, 5.74) is 1.18. The molecule has 1 aromatic carbocycles. The number of alkyl halides is 3. The van der Waals surface area contributed by atoms with E-state index in [1.807, 2.05) is 11.8 Å². The minimum atomic E-state index is -4.55. The van der Waals surface area contributed by atoms with Crippen LogP contribution in [0, 0.1) is 13.8 Å². The Kier molecular flexibility index (Phi) is 9.88. The number of pyridine rings is 2. The maximum absolute atomic E-state index is 13.6. The molecule has 1 aliphatic rings. The molecule has 0 saturated heterocycles. The van der Waals surface area contributed by atoms with Gasteiger partial charge in [-0.15, -0.1) is 0 Å². The molecule has 2 aromatic heterocycles. The summed E-state index contributed by atoms with van der Waals surface area (Å²) < 4.78 is 72.1. The highest BCUT2D eigenvalue weighted by atomic mass is 32.2. The summed E-state index contributed by atoms with van der Waals surface area (Å²) in [6.07, 6.45) is -0.635.